The molecular weight excluding hydrogens is 264 g/mol. The summed E-state index contributed by atoms with van der Waals surface area (Å²) in [7, 11) is 0. The van der Waals surface area contributed by atoms with Crippen molar-refractivity contribution in [1.29, 1.82) is 0 Å². The molecular formula is C17H26N2O2. The Morgan fingerprint density at radius 3 is 2.48 bits per heavy atom. The Hall–Kier alpha value is -1.55. The van der Waals surface area contributed by atoms with Gasteiger partial charge in [-0.3, -0.25) is 4.79 Å². The van der Waals surface area contributed by atoms with Crippen LogP contribution in [-0.2, 0) is 11.3 Å². The summed E-state index contributed by atoms with van der Waals surface area (Å²) in [6, 6.07) is 7.87. The molecule has 1 aliphatic carbocycles. The summed E-state index contributed by atoms with van der Waals surface area (Å²) in [5.74, 6) is 1.39. The summed E-state index contributed by atoms with van der Waals surface area (Å²) in [6.07, 6.45) is 2.48. The van der Waals surface area contributed by atoms with Crippen molar-refractivity contribution < 1.29 is 9.53 Å². The van der Waals surface area contributed by atoms with E-state index in [4.69, 9.17) is 4.74 Å². The normalized spacial score (nSPS) is 14.8. The highest BCUT2D eigenvalue weighted by atomic mass is 16.5. The molecule has 0 unspecified atom stereocenters. The monoisotopic (exact) mass is 290 g/mol. The van der Waals surface area contributed by atoms with Gasteiger partial charge in [0, 0.05) is 18.6 Å². The maximum atomic E-state index is 11.6. The first-order valence-electron chi connectivity index (χ1n) is 7.66. The molecule has 21 heavy (non-hydrogen) atoms. The summed E-state index contributed by atoms with van der Waals surface area (Å²) in [5, 5.41) is 6.33. The highest BCUT2D eigenvalue weighted by molar-refractivity contribution is 5.77. The minimum atomic E-state index is -0.0413. The molecule has 1 saturated carbocycles. The third-order valence-electron chi connectivity index (χ3n) is 3.40. The molecule has 0 spiro atoms. The topological polar surface area (TPSA) is 50.4 Å². The van der Waals surface area contributed by atoms with Crippen LogP contribution in [0.3, 0.4) is 0 Å². The largest absolute Gasteiger partial charge is 0.484 e. The van der Waals surface area contributed by atoms with Crippen molar-refractivity contribution in [2.24, 2.45) is 5.92 Å². The van der Waals surface area contributed by atoms with Crippen LogP contribution in [0.5, 0.6) is 5.75 Å². The molecule has 0 radical (unpaired) electrons. The first-order chi connectivity index (χ1) is 9.92. The van der Waals surface area contributed by atoms with Crippen molar-refractivity contribution in [2.75, 3.05) is 13.2 Å². The number of amides is 1. The van der Waals surface area contributed by atoms with Crippen molar-refractivity contribution in [3.8, 4) is 5.75 Å². The SMILES string of the molecule is CC(C)(C)NCc1ccc(OCC(=O)NCC2CC2)cc1. The third kappa shape index (κ3) is 6.63. The zero-order valence-electron chi connectivity index (χ0n) is 13.2. The molecule has 1 aromatic carbocycles. The fraction of sp³-hybridized carbons (Fsp3) is 0.588. The third-order valence-corrected chi connectivity index (χ3v) is 3.40. The number of carbonyl (C=O) groups is 1. The lowest BCUT2D eigenvalue weighted by Gasteiger charge is -2.20. The summed E-state index contributed by atoms with van der Waals surface area (Å²) >= 11 is 0. The molecule has 0 heterocycles. The van der Waals surface area contributed by atoms with Crippen molar-refractivity contribution in [1.82, 2.24) is 10.6 Å². The molecule has 2 N–H and O–H groups in total. The molecule has 0 saturated heterocycles. The first-order valence-corrected chi connectivity index (χ1v) is 7.66. The zero-order valence-corrected chi connectivity index (χ0v) is 13.2. The molecule has 4 heteroatoms. The molecule has 116 valence electrons. The molecule has 0 bridgehead atoms. The van der Waals surface area contributed by atoms with Crippen molar-refractivity contribution in [3.05, 3.63) is 29.8 Å². The van der Waals surface area contributed by atoms with E-state index in [1.165, 1.54) is 18.4 Å². The van der Waals surface area contributed by atoms with Gasteiger partial charge in [0.2, 0.25) is 0 Å². The number of nitrogens with one attached hydrogen (secondary N) is 2. The van der Waals surface area contributed by atoms with Gasteiger partial charge in [0.1, 0.15) is 5.75 Å². The van der Waals surface area contributed by atoms with Gasteiger partial charge in [-0.05, 0) is 57.2 Å². The van der Waals surface area contributed by atoms with E-state index in [0.29, 0.717) is 5.92 Å². The molecule has 0 atom stereocenters. The van der Waals surface area contributed by atoms with Crippen molar-refractivity contribution >= 4 is 5.91 Å². The molecule has 0 aliphatic heterocycles. The van der Waals surface area contributed by atoms with Crippen molar-refractivity contribution in [2.45, 2.75) is 45.7 Å². The van der Waals surface area contributed by atoms with E-state index in [1.54, 1.807) is 0 Å². The number of carbonyl (C=O) groups excluding carboxylic acids is 1. The first kappa shape index (κ1) is 15.8. The predicted octanol–water partition coefficient (Wildman–Crippen LogP) is 2.48. The van der Waals surface area contributed by atoms with E-state index in [0.717, 1.165) is 18.8 Å². The standard InChI is InChI=1S/C17H26N2O2/c1-17(2,3)19-11-14-6-8-15(9-7-14)21-12-16(20)18-10-13-4-5-13/h6-9,13,19H,4-5,10-12H2,1-3H3,(H,18,20). The molecule has 1 amide bonds. The number of hydrogen-bond acceptors (Lipinski definition) is 3. The van der Waals surface area contributed by atoms with Gasteiger partial charge in [-0.15, -0.1) is 0 Å². The van der Waals surface area contributed by atoms with Gasteiger partial charge < -0.3 is 15.4 Å². The van der Waals surface area contributed by atoms with E-state index in [-0.39, 0.29) is 18.1 Å². The van der Waals surface area contributed by atoms with Crippen LogP contribution in [0.1, 0.15) is 39.2 Å². The van der Waals surface area contributed by atoms with Gasteiger partial charge in [0.25, 0.3) is 5.91 Å². The van der Waals surface area contributed by atoms with Crippen LogP contribution in [0.4, 0.5) is 0 Å². The summed E-state index contributed by atoms with van der Waals surface area (Å²) in [4.78, 5) is 11.6. The smallest absolute Gasteiger partial charge is 0.257 e. The number of hydrogen-bond donors (Lipinski definition) is 2. The van der Waals surface area contributed by atoms with E-state index in [2.05, 4.69) is 31.4 Å². The Morgan fingerprint density at radius 2 is 1.90 bits per heavy atom. The Labute approximate surface area is 127 Å². The van der Waals surface area contributed by atoms with Crippen LogP contribution in [0.15, 0.2) is 24.3 Å². The number of rotatable bonds is 7. The fourth-order valence-electron chi connectivity index (χ4n) is 1.85. The van der Waals surface area contributed by atoms with Gasteiger partial charge in [-0.2, -0.15) is 0 Å². The molecule has 1 aromatic rings. The average Bonchev–Trinajstić information content (AvgIpc) is 3.25. The van der Waals surface area contributed by atoms with E-state index in [1.807, 2.05) is 24.3 Å². The number of ether oxygens (including phenoxy) is 1. The molecule has 2 rings (SSSR count). The van der Waals surface area contributed by atoms with E-state index >= 15 is 0 Å². The minimum Gasteiger partial charge on any atom is -0.484 e. The molecule has 0 aromatic heterocycles. The van der Waals surface area contributed by atoms with Gasteiger partial charge in [0.05, 0.1) is 0 Å². The van der Waals surface area contributed by atoms with Crippen LogP contribution in [-0.4, -0.2) is 24.6 Å². The Morgan fingerprint density at radius 1 is 1.24 bits per heavy atom. The predicted molar refractivity (Wildman–Crippen MR) is 84.3 cm³/mol. The second kappa shape index (κ2) is 6.94. The summed E-state index contributed by atoms with van der Waals surface area (Å²) < 4.78 is 5.49. The van der Waals surface area contributed by atoms with Crippen molar-refractivity contribution in [3.63, 3.8) is 0 Å². The van der Waals surface area contributed by atoms with E-state index in [9.17, 15) is 4.79 Å². The van der Waals surface area contributed by atoms with Crippen LogP contribution >= 0.6 is 0 Å². The minimum absolute atomic E-state index is 0.0413. The highest BCUT2D eigenvalue weighted by Gasteiger charge is 2.21. The van der Waals surface area contributed by atoms with Crippen LogP contribution in [0.25, 0.3) is 0 Å². The van der Waals surface area contributed by atoms with Gasteiger partial charge in [0.15, 0.2) is 6.61 Å². The Kier molecular flexibility index (Phi) is 5.23. The number of benzene rings is 1. The summed E-state index contributed by atoms with van der Waals surface area (Å²) in [5.41, 5.74) is 1.31. The maximum Gasteiger partial charge on any atom is 0.257 e. The second-order valence-electron chi connectivity index (χ2n) is 6.78. The molecule has 4 nitrogen and oxygen atoms in total. The maximum absolute atomic E-state index is 11.6. The lowest BCUT2D eigenvalue weighted by atomic mass is 10.1. The molecule has 1 fully saturated rings. The van der Waals surface area contributed by atoms with Gasteiger partial charge in [-0.1, -0.05) is 12.1 Å². The highest BCUT2D eigenvalue weighted by Crippen LogP contribution is 2.27. The van der Waals surface area contributed by atoms with Crippen LogP contribution in [0, 0.1) is 5.92 Å². The lowest BCUT2D eigenvalue weighted by molar-refractivity contribution is -0.123. The zero-order chi connectivity index (χ0) is 15.3. The average molecular weight is 290 g/mol. The van der Waals surface area contributed by atoms with Crippen LogP contribution < -0.4 is 15.4 Å². The lowest BCUT2D eigenvalue weighted by Crippen LogP contribution is -2.35. The van der Waals surface area contributed by atoms with Gasteiger partial charge >= 0.3 is 0 Å². The van der Waals surface area contributed by atoms with E-state index < -0.39 is 0 Å². The molecule has 1 aliphatic rings. The Bertz CT molecular complexity index is 459. The Balaban J connectivity index is 1.69. The fourth-order valence-corrected chi connectivity index (χ4v) is 1.85. The quantitative estimate of drug-likeness (QED) is 0.811. The summed E-state index contributed by atoms with van der Waals surface area (Å²) in [6.45, 7) is 8.14. The second-order valence-corrected chi connectivity index (χ2v) is 6.78. The van der Waals surface area contributed by atoms with Crippen LogP contribution in [0.2, 0.25) is 0 Å². The van der Waals surface area contributed by atoms with Gasteiger partial charge in [-0.25, -0.2) is 0 Å².